The van der Waals surface area contributed by atoms with Crippen LogP contribution in [0, 0.1) is 5.92 Å². The molecule has 4 rings (SSSR count). The molecule has 2 aromatic heterocycles. The molecule has 3 aromatic rings. The lowest BCUT2D eigenvalue weighted by Gasteiger charge is -2.30. The fourth-order valence-electron chi connectivity index (χ4n) is 3.46. The van der Waals surface area contributed by atoms with Crippen molar-refractivity contribution in [2.24, 2.45) is 5.92 Å². The molecule has 0 N–H and O–H groups in total. The summed E-state index contributed by atoms with van der Waals surface area (Å²) < 4.78 is 5.33. The predicted octanol–water partition coefficient (Wildman–Crippen LogP) is 4.88. The highest BCUT2D eigenvalue weighted by atomic mass is 32.1. The Bertz CT molecular complexity index is 991. The topological polar surface area (TPSA) is 59.5 Å². The van der Waals surface area contributed by atoms with Crippen molar-refractivity contribution in [3.05, 3.63) is 52.7 Å². The van der Waals surface area contributed by atoms with E-state index in [-0.39, 0.29) is 18.9 Å². The normalized spacial score (nSPS) is 14.6. The molecular weight excluding hydrogens is 416 g/mol. The molecule has 0 radical (unpaired) electrons. The zero-order chi connectivity index (χ0) is 20.9. The zero-order valence-electron chi connectivity index (χ0n) is 16.9. The number of amides is 1. The second-order valence-electron chi connectivity index (χ2n) is 7.53. The minimum Gasteiger partial charge on any atom is -0.455 e. The SMILES string of the molecule is CC1CCN(C(=O)COC(=O)Cc2sc(-c3ccccc3)nc2-c2cccs2)CC1. The van der Waals surface area contributed by atoms with Gasteiger partial charge in [-0.15, -0.1) is 22.7 Å². The molecule has 0 spiro atoms. The third-order valence-electron chi connectivity index (χ3n) is 5.27. The number of nitrogens with zero attached hydrogens (tertiary/aromatic N) is 2. The number of hydrogen-bond acceptors (Lipinski definition) is 6. The first-order valence-corrected chi connectivity index (χ1v) is 11.8. The Morgan fingerprint density at radius 1 is 1.13 bits per heavy atom. The number of thiazole rings is 1. The van der Waals surface area contributed by atoms with Crippen LogP contribution in [0.25, 0.3) is 21.1 Å². The predicted molar refractivity (Wildman–Crippen MR) is 121 cm³/mol. The molecule has 0 saturated carbocycles. The average Bonchev–Trinajstić information content (AvgIpc) is 3.43. The second-order valence-corrected chi connectivity index (χ2v) is 9.57. The van der Waals surface area contributed by atoms with Crippen LogP contribution in [0.15, 0.2) is 47.8 Å². The van der Waals surface area contributed by atoms with Gasteiger partial charge in [0, 0.05) is 23.5 Å². The van der Waals surface area contributed by atoms with Gasteiger partial charge in [0.2, 0.25) is 0 Å². The smallest absolute Gasteiger partial charge is 0.311 e. The minimum atomic E-state index is -0.394. The van der Waals surface area contributed by atoms with Gasteiger partial charge in [-0.2, -0.15) is 0 Å². The number of ether oxygens (including phenoxy) is 1. The molecular formula is C23H24N2O3S2. The number of benzene rings is 1. The van der Waals surface area contributed by atoms with Crippen molar-refractivity contribution in [2.75, 3.05) is 19.7 Å². The first-order chi connectivity index (χ1) is 14.6. The Balaban J connectivity index is 1.43. The van der Waals surface area contributed by atoms with Crippen LogP contribution < -0.4 is 0 Å². The molecule has 1 fully saturated rings. The van der Waals surface area contributed by atoms with E-state index in [4.69, 9.17) is 9.72 Å². The van der Waals surface area contributed by atoms with Gasteiger partial charge in [0.15, 0.2) is 6.61 Å². The van der Waals surface area contributed by atoms with Crippen molar-refractivity contribution < 1.29 is 14.3 Å². The number of aromatic nitrogens is 1. The summed E-state index contributed by atoms with van der Waals surface area (Å²) in [6, 6.07) is 13.9. The number of hydrogen-bond donors (Lipinski definition) is 0. The summed E-state index contributed by atoms with van der Waals surface area (Å²) in [6.45, 7) is 3.50. The van der Waals surface area contributed by atoms with Crippen LogP contribution in [-0.2, 0) is 20.7 Å². The summed E-state index contributed by atoms with van der Waals surface area (Å²) in [5.74, 6) is 0.148. The Morgan fingerprint density at radius 2 is 1.90 bits per heavy atom. The standard InChI is InChI=1S/C23H24N2O3S2/c1-16-9-11-25(12-10-16)20(26)15-28-21(27)14-19-22(18-8-5-13-29-18)24-23(30-19)17-6-3-2-4-7-17/h2-8,13,16H,9-12,14-15H2,1H3. The van der Waals surface area contributed by atoms with Crippen molar-refractivity contribution in [1.29, 1.82) is 0 Å². The molecule has 0 bridgehead atoms. The van der Waals surface area contributed by atoms with Gasteiger partial charge in [0.25, 0.3) is 5.91 Å². The largest absolute Gasteiger partial charge is 0.455 e. The average molecular weight is 441 g/mol. The first kappa shape index (κ1) is 20.8. The summed E-state index contributed by atoms with van der Waals surface area (Å²) in [4.78, 5) is 33.3. The molecule has 156 valence electrons. The minimum absolute atomic E-state index is 0.108. The van der Waals surface area contributed by atoms with E-state index in [0.29, 0.717) is 5.92 Å². The molecule has 1 aromatic carbocycles. The highest BCUT2D eigenvalue weighted by Crippen LogP contribution is 2.36. The summed E-state index contributed by atoms with van der Waals surface area (Å²) >= 11 is 3.10. The zero-order valence-corrected chi connectivity index (χ0v) is 18.5. The fourth-order valence-corrected chi connectivity index (χ4v) is 5.33. The lowest BCUT2D eigenvalue weighted by molar-refractivity contribution is -0.152. The molecule has 1 aliphatic rings. The number of likely N-dealkylation sites (tertiary alicyclic amines) is 1. The van der Waals surface area contributed by atoms with Crippen molar-refractivity contribution in [3.8, 4) is 21.1 Å². The monoisotopic (exact) mass is 440 g/mol. The number of carbonyl (C=O) groups excluding carboxylic acids is 2. The van der Waals surface area contributed by atoms with Crippen LogP contribution in [0.5, 0.6) is 0 Å². The van der Waals surface area contributed by atoms with E-state index in [0.717, 1.165) is 52.0 Å². The first-order valence-electron chi connectivity index (χ1n) is 10.1. The molecule has 0 unspecified atom stereocenters. The third-order valence-corrected chi connectivity index (χ3v) is 7.25. The van der Waals surface area contributed by atoms with Crippen LogP contribution in [0.3, 0.4) is 0 Å². The van der Waals surface area contributed by atoms with E-state index in [9.17, 15) is 9.59 Å². The van der Waals surface area contributed by atoms with Crippen molar-refractivity contribution in [1.82, 2.24) is 9.88 Å². The molecule has 5 nitrogen and oxygen atoms in total. The van der Waals surface area contributed by atoms with E-state index in [1.165, 1.54) is 11.3 Å². The lowest BCUT2D eigenvalue weighted by atomic mass is 9.99. The van der Waals surface area contributed by atoms with Crippen LogP contribution in [0.2, 0.25) is 0 Å². The highest BCUT2D eigenvalue weighted by molar-refractivity contribution is 7.17. The van der Waals surface area contributed by atoms with E-state index < -0.39 is 5.97 Å². The van der Waals surface area contributed by atoms with Crippen LogP contribution in [0.4, 0.5) is 0 Å². The molecule has 1 aliphatic heterocycles. The van der Waals surface area contributed by atoms with Gasteiger partial charge < -0.3 is 9.64 Å². The Morgan fingerprint density at radius 3 is 2.60 bits per heavy atom. The number of rotatable bonds is 6. The maximum absolute atomic E-state index is 12.5. The molecule has 30 heavy (non-hydrogen) atoms. The number of carbonyl (C=O) groups is 2. The number of esters is 1. The van der Waals surface area contributed by atoms with Gasteiger partial charge in [0.1, 0.15) is 5.01 Å². The van der Waals surface area contributed by atoms with Crippen molar-refractivity contribution in [2.45, 2.75) is 26.2 Å². The summed E-state index contributed by atoms with van der Waals surface area (Å²) in [6.07, 6.45) is 2.13. The van der Waals surface area contributed by atoms with Crippen LogP contribution >= 0.6 is 22.7 Å². The summed E-state index contributed by atoms with van der Waals surface area (Å²) in [5.41, 5.74) is 1.84. The Labute approximate surface area is 184 Å². The van der Waals surface area contributed by atoms with Gasteiger partial charge in [-0.3, -0.25) is 9.59 Å². The van der Waals surface area contributed by atoms with Gasteiger partial charge in [-0.05, 0) is 30.2 Å². The maximum Gasteiger partial charge on any atom is 0.311 e. The van der Waals surface area contributed by atoms with E-state index in [1.807, 2.05) is 47.8 Å². The molecule has 3 heterocycles. The van der Waals surface area contributed by atoms with Gasteiger partial charge in [-0.1, -0.05) is 43.3 Å². The maximum atomic E-state index is 12.5. The highest BCUT2D eigenvalue weighted by Gasteiger charge is 2.22. The van der Waals surface area contributed by atoms with E-state index in [1.54, 1.807) is 16.2 Å². The second kappa shape index (κ2) is 9.53. The molecule has 1 amide bonds. The Hall–Kier alpha value is -2.51. The van der Waals surface area contributed by atoms with Gasteiger partial charge >= 0.3 is 5.97 Å². The van der Waals surface area contributed by atoms with Crippen molar-refractivity contribution in [3.63, 3.8) is 0 Å². The van der Waals surface area contributed by atoms with E-state index in [2.05, 4.69) is 6.92 Å². The third kappa shape index (κ3) is 4.96. The molecule has 0 atom stereocenters. The fraction of sp³-hybridized carbons (Fsp3) is 0.348. The molecule has 7 heteroatoms. The van der Waals surface area contributed by atoms with E-state index >= 15 is 0 Å². The van der Waals surface area contributed by atoms with Crippen molar-refractivity contribution >= 4 is 34.6 Å². The van der Waals surface area contributed by atoms with Gasteiger partial charge in [-0.25, -0.2) is 4.98 Å². The quantitative estimate of drug-likeness (QED) is 0.513. The number of thiophene rings is 1. The van der Waals surface area contributed by atoms with Crippen LogP contribution in [0.1, 0.15) is 24.6 Å². The Kier molecular flexibility index (Phi) is 6.59. The molecule has 0 aliphatic carbocycles. The van der Waals surface area contributed by atoms with Crippen LogP contribution in [-0.4, -0.2) is 41.5 Å². The lowest BCUT2D eigenvalue weighted by Crippen LogP contribution is -2.40. The summed E-state index contributed by atoms with van der Waals surface area (Å²) in [7, 11) is 0. The summed E-state index contributed by atoms with van der Waals surface area (Å²) in [5, 5.41) is 2.87. The van der Waals surface area contributed by atoms with Gasteiger partial charge in [0.05, 0.1) is 17.0 Å². The number of piperidine rings is 1. The molecule has 1 saturated heterocycles.